The van der Waals surface area contributed by atoms with Gasteiger partial charge in [0, 0.05) is 51.4 Å². The summed E-state index contributed by atoms with van der Waals surface area (Å²) in [6.45, 7) is 9.85. The second kappa shape index (κ2) is 7.73. The van der Waals surface area contributed by atoms with Crippen LogP contribution in [-0.4, -0.2) is 77.7 Å². The average molecular weight is 374 g/mol. The number of ether oxygens (including phenoxy) is 1. The van der Waals surface area contributed by atoms with Crippen molar-refractivity contribution in [3.05, 3.63) is 29.4 Å². The number of carbonyl (C=O) groups is 1. The summed E-state index contributed by atoms with van der Waals surface area (Å²) in [6.07, 6.45) is 6.66. The van der Waals surface area contributed by atoms with Gasteiger partial charge in [-0.05, 0) is 26.7 Å². The lowest BCUT2D eigenvalue weighted by atomic mass is 9.78. The van der Waals surface area contributed by atoms with Crippen LogP contribution in [0.1, 0.15) is 38.1 Å². The molecule has 2 N–H and O–H groups in total. The van der Waals surface area contributed by atoms with Gasteiger partial charge in [-0.25, -0.2) is 4.98 Å². The predicted octanol–water partition coefficient (Wildman–Crippen LogP) is 1.04. The van der Waals surface area contributed by atoms with Gasteiger partial charge in [-0.15, -0.1) is 0 Å². The maximum atomic E-state index is 12.8. The maximum Gasteiger partial charge on any atom is 0.253 e. The number of imidazole rings is 1. The number of rotatable bonds is 3. The smallest absolute Gasteiger partial charge is 0.253 e. The monoisotopic (exact) mass is 373 g/mol. The molecule has 1 atom stereocenters. The second-order valence-corrected chi connectivity index (χ2v) is 8.13. The van der Waals surface area contributed by atoms with Crippen LogP contribution >= 0.6 is 0 Å². The maximum absolute atomic E-state index is 12.8. The van der Waals surface area contributed by atoms with Gasteiger partial charge in [-0.1, -0.05) is 11.6 Å². The average Bonchev–Trinajstić information content (AvgIpc) is 3.18. The fourth-order valence-corrected chi connectivity index (χ4v) is 4.66. The number of likely N-dealkylation sites (tertiary alicyclic amines) is 1. The van der Waals surface area contributed by atoms with E-state index in [1.807, 2.05) is 11.2 Å². The summed E-state index contributed by atoms with van der Waals surface area (Å²) in [4.78, 5) is 25.4. The minimum Gasteiger partial charge on any atom is -0.366 e. The van der Waals surface area contributed by atoms with E-state index in [1.54, 1.807) is 0 Å². The second-order valence-electron chi connectivity index (χ2n) is 8.13. The van der Waals surface area contributed by atoms with Gasteiger partial charge in [0.2, 0.25) is 0 Å². The number of amides is 1. The van der Waals surface area contributed by atoms with E-state index in [2.05, 4.69) is 35.1 Å². The number of nitrogens with zero attached hydrogens (tertiary/aromatic N) is 3. The minimum absolute atomic E-state index is 0.0675. The first-order chi connectivity index (χ1) is 13.1. The lowest BCUT2D eigenvalue weighted by Crippen LogP contribution is -2.59. The highest BCUT2D eigenvalue weighted by molar-refractivity contribution is 5.81. The summed E-state index contributed by atoms with van der Waals surface area (Å²) in [7, 11) is 0. The number of H-pyrrole nitrogens is 1. The van der Waals surface area contributed by atoms with Crippen LogP contribution in [0.3, 0.4) is 0 Å². The predicted molar refractivity (Wildman–Crippen MR) is 103 cm³/mol. The summed E-state index contributed by atoms with van der Waals surface area (Å²) in [5.41, 5.74) is 3.73. The van der Waals surface area contributed by atoms with Crippen LogP contribution in [0.25, 0.3) is 0 Å². The molecule has 0 aliphatic carbocycles. The fourth-order valence-electron chi connectivity index (χ4n) is 4.66. The largest absolute Gasteiger partial charge is 0.366 e. The van der Waals surface area contributed by atoms with Crippen molar-refractivity contribution in [3.63, 3.8) is 0 Å². The molecule has 3 aliphatic heterocycles. The Labute approximate surface area is 161 Å². The molecule has 0 aromatic carbocycles. The number of piperidine rings is 1. The molecule has 7 nitrogen and oxygen atoms in total. The minimum atomic E-state index is -0.332. The number of fused-ring (bicyclic) bond motifs is 2. The molecule has 27 heavy (non-hydrogen) atoms. The molecule has 3 aliphatic rings. The van der Waals surface area contributed by atoms with Gasteiger partial charge in [-0.2, -0.15) is 0 Å². The molecule has 2 saturated heterocycles. The van der Waals surface area contributed by atoms with Crippen LogP contribution in [0.2, 0.25) is 0 Å². The molecule has 0 unspecified atom stereocenters. The zero-order chi connectivity index (χ0) is 18.9. The molecule has 148 valence electrons. The van der Waals surface area contributed by atoms with E-state index in [9.17, 15) is 4.79 Å². The van der Waals surface area contributed by atoms with Crippen molar-refractivity contribution in [2.24, 2.45) is 0 Å². The topological polar surface area (TPSA) is 73.5 Å². The van der Waals surface area contributed by atoms with E-state index in [0.29, 0.717) is 13.2 Å². The number of nitrogens with one attached hydrogen (secondary N) is 2. The van der Waals surface area contributed by atoms with E-state index >= 15 is 0 Å². The van der Waals surface area contributed by atoms with Gasteiger partial charge in [0.25, 0.3) is 5.91 Å². The molecule has 0 radical (unpaired) electrons. The van der Waals surface area contributed by atoms with Crippen LogP contribution in [0, 0.1) is 0 Å². The SMILES string of the molecule is CC(C)=CCN1CCc2[nH]cnc2C12CCN(C(=O)[C@@H]1CNCCO1)CC2. The third kappa shape index (κ3) is 3.56. The van der Waals surface area contributed by atoms with Crippen LogP contribution in [0.15, 0.2) is 18.0 Å². The Bertz CT molecular complexity index is 695. The van der Waals surface area contributed by atoms with E-state index in [-0.39, 0.29) is 17.6 Å². The van der Waals surface area contributed by atoms with Crippen LogP contribution < -0.4 is 5.32 Å². The van der Waals surface area contributed by atoms with Crippen molar-refractivity contribution in [2.75, 3.05) is 45.9 Å². The first kappa shape index (κ1) is 18.7. The lowest BCUT2D eigenvalue weighted by molar-refractivity contribution is -0.148. The first-order valence-electron chi connectivity index (χ1n) is 10.1. The quantitative estimate of drug-likeness (QED) is 0.775. The van der Waals surface area contributed by atoms with Gasteiger partial charge in [0.15, 0.2) is 0 Å². The molecular weight excluding hydrogens is 342 g/mol. The number of hydrogen-bond acceptors (Lipinski definition) is 5. The van der Waals surface area contributed by atoms with Gasteiger partial charge >= 0.3 is 0 Å². The Balaban J connectivity index is 1.51. The molecular formula is C20H31N5O2. The van der Waals surface area contributed by atoms with Gasteiger partial charge in [-0.3, -0.25) is 9.69 Å². The summed E-state index contributed by atoms with van der Waals surface area (Å²) in [5, 5.41) is 3.25. The Kier molecular flexibility index (Phi) is 5.34. The molecule has 0 saturated carbocycles. The highest BCUT2D eigenvalue weighted by Gasteiger charge is 2.47. The first-order valence-corrected chi connectivity index (χ1v) is 10.1. The third-order valence-electron chi connectivity index (χ3n) is 6.22. The summed E-state index contributed by atoms with van der Waals surface area (Å²) < 4.78 is 5.67. The Morgan fingerprint density at radius 2 is 2.19 bits per heavy atom. The molecule has 2 fully saturated rings. The van der Waals surface area contributed by atoms with Crippen LogP contribution in [0.4, 0.5) is 0 Å². The zero-order valence-electron chi connectivity index (χ0n) is 16.5. The van der Waals surface area contributed by atoms with Crippen molar-refractivity contribution >= 4 is 5.91 Å². The lowest BCUT2D eigenvalue weighted by Gasteiger charge is -2.50. The third-order valence-corrected chi connectivity index (χ3v) is 6.22. The zero-order valence-corrected chi connectivity index (χ0v) is 16.5. The van der Waals surface area contributed by atoms with E-state index in [0.717, 1.165) is 52.0 Å². The normalized spacial score (nSPS) is 25.3. The Hall–Kier alpha value is -1.70. The highest BCUT2D eigenvalue weighted by atomic mass is 16.5. The highest BCUT2D eigenvalue weighted by Crippen LogP contribution is 2.42. The van der Waals surface area contributed by atoms with Gasteiger partial charge in [0.1, 0.15) is 6.10 Å². The number of carbonyl (C=O) groups excluding carboxylic acids is 1. The van der Waals surface area contributed by atoms with Gasteiger partial charge < -0.3 is 19.9 Å². The molecule has 7 heteroatoms. The molecule has 1 aromatic rings. The van der Waals surface area contributed by atoms with Gasteiger partial charge in [0.05, 0.1) is 24.2 Å². The number of aromatic amines is 1. The molecule has 1 aromatic heterocycles. The molecule has 4 heterocycles. The number of morpholine rings is 1. The van der Waals surface area contributed by atoms with Crippen LogP contribution in [-0.2, 0) is 21.5 Å². The molecule has 1 amide bonds. The van der Waals surface area contributed by atoms with Crippen molar-refractivity contribution in [2.45, 2.75) is 44.8 Å². The van der Waals surface area contributed by atoms with Crippen molar-refractivity contribution in [1.82, 2.24) is 25.1 Å². The van der Waals surface area contributed by atoms with Crippen molar-refractivity contribution in [1.29, 1.82) is 0 Å². The Morgan fingerprint density at radius 3 is 2.89 bits per heavy atom. The fraction of sp³-hybridized carbons (Fsp3) is 0.700. The summed E-state index contributed by atoms with van der Waals surface area (Å²) in [6, 6.07) is 0. The summed E-state index contributed by atoms with van der Waals surface area (Å²) >= 11 is 0. The molecule has 1 spiro atoms. The van der Waals surface area contributed by atoms with E-state index in [4.69, 9.17) is 9.72 Å². The molecule has 0 bridgehead atoms. The number of allylic oxidation sites excluding steroid dienone is 1. The Morgan fingerprint density at radius 1 is 1.37 bits per heavy atom. The standard InChI is InChI=1S/C20H31N5O2/c1-15(2)3-8-25-9-4-16-18(23-14-22-16)20(25)5-10-24(11-6-20)19(26)17-13-21-7-12-27-17/h3,14,17,21H,4-13H2,1-2H3,(H,22,23)/t17-/m0/s1. The summed E-state index contributed by atoms with van der Waals surface area (Å²) in [5.74, 6) is 0.131. The van der Waals surface area contributed by atoms with Crippen LogP contribution in [0.5, 0.6) is 0 Å². The van der Waals surface area contributed by atoms with E-state index < -0.39 is 0 Å². The van der Waals surface area contributed by atoms with Crippen molar-refractivity contribution in [3.8, 4) is 0 Å². The van der Waals surface area contributed by atoms with Crippen molar-refractivity contribution < 1.29 is 9.53 Å². The van der Waals surface area contributed by atoms with E-state index in [1.165, 1.54) is 17.0 Å². The number of aromatic nitrogens is 2. The number of hydrogen-bond donors (Lipinski definition) is 2. The molecule has 4 rings (SSSR count).